The van der Waals surface area contributed by atoms with E-state index >= 15 is 0 Å². The van der Waals surface area contributed by atoms with Crippen LogP contribution >= 0.6 is 0 Å². The lowest BCUT2D eigenvalue weighted by molar-refractivity contribution is -0.110. The van der Waals surface area contributed by atoms with E-state index < -0.39 is 12.0 Å². The third-order valence-electron chi connectivity index (χ3n) is 4.08. The molecule has 0 fully saturated rings. The molecule has 124 valence electrons. The SMILES string of the molecule is COC(=O)c1c(OCc2ccccc2)c(=O)cc2n1C(C=O)CC2. The fourth-order valence-electron chi connectivity index (χ4n) is 2.94. The Morgan fingerprint density at radius 3 is 2.75 bits per heavy atom. The van der Waals surface area contributed by atoms with Gasteiger partial charge in [-0.25, -0.2) is 4.79 Å². The second-order valence-corrected chi connectivity index (χ2v) is 5.56. The Bertz CT molecular complexity index is 825. The van der Waals surface area contributed by atoms with E-state index in [4.69, 9.17) is 9.47 Å². The van der Waals surface area contributed by atoms with Crippen LogP contribution < -0.4 is 10.2 Å². The summed E-state index contributed by atoms with van der Waals surface area (Å²) in [7, 11) is 1.23. The number of hydrogen-bond donors (Lipinski definition) is 0. The minimum Gasteiger partial charge on any atom is -0.482 e. The standard InChI is InChI=1S/C18H17NO5/c1-23-18(22)16-17(24-11-12-5-3-2-4-6-12)15(21)9-13-7-8-14(10-20)19(13)16/h2-6,9-10,14H,7-8,11H2,1H3. The van der Waals surface area contributed by atoms with Crippen molar-refractivity contribution in [2.75, 3.05) is 7.11 Å². The van der Waals surface area contributed by atoms with E-state index in [0.29, 0.717) is 18.5 Å². The number of pyridine rings is 1. The van der Waals surface area contributed by atoms with Gasteiger partial charge in [-0.05, 0) is 18.4 Å². The molecule has 2 heterocycles. The Hall–Kier alpha value is -2.89. The van der Waals surface area contributed by atoms with Gasteiger partial charge in [0.2, 0.25) is 5.43 Å². The van der Waals surface area contributed by atoms with Crippen LogP contribution in [0.15, 0.2) is 41.2 Å². The zero-order chi connectivity index (χ0) is 17.1. The van der Waals surface area contributed by atoms with Crippen molar-refractivity contribution in [1.82, 2.24) is 4.57 Å². The highest BCUT2D eigenvalue weighted by atomic mass is 16.5. The molecule has 1 unspecified atom stereocenters. The minimum absolute atomic E-state index is 0.00512. The lowest BCUT2D eigenvalue weighted by Crippen LogP contribution is -2.24. The molecular weight excluding hydrogens is 310 g/mol. The van der Waals surface area contributed by atoms with E-state index in [1.165, 1.54) is 13.2 Å². The first-order valence-corrected chi connectivity index (χ1v) is 7.64. The first-order valence-electron chi connectivity index (χ1n) is 7.64. The van der Waals surface area contributed by atoms with Gasteiger partial charge in [0, 0.05) is 11.8 Å². The molecule has 0 bridgehead atoms. The van der Waals surface area contributed by atoms with Crippen LogP contribution in [0.1, 0.15) is 34.2 Å². The van der Waals surface area contributed by atoms with Crippen molar-refractivity contribution in [2.45, 2.75) is 25.5 Å². The lowest BCUT2D eigenvalue weighted by atomic mass is 10.2. The summed E-state index contributed by atoms with van der Waals surface area (Å²) in [6, 6.07) is 10.2. The van der Waals surface area contributed by atoms with E-state index in [9.17, 15) is 14.4 Å². The molecule has 2 aromatic rings. The molecule has 6 heteroatoms. The number of fused-ring (bicyclic) bond motifs is 1. The van der Waals surface area contributed by atoms with Gasteiger partial charge in [-0.15, -0.1) is 0 Å². The van der Waals surface area contributed by atoms with Gasteiger partial charge in [0.15, 0.2) is 11.4 Å². The average Bonchev–Trinajstić information content (AvgIpc) is 3.02. The zero-order valence-corrected chi connectivity index (χ0v) is 13.2. The number of ether oxygens (including phenoxy) is 2. The second-order valence-electron chi connectivity index (χ2n) is 5.56. The molecule has 1 aromatic heterocycles. The van der Waals surface area contributed by atoms with Crippen molar-refractivity contribution in [3.8, 4) is 5.75 Å². The number of hydrogen-bond acceptors (Lipinski definition) is 5. The summed E-state index contributed by atoms with van der Waals surface area (Å²) in [4.78, 5) is 36.0. The largest absolute Gasteiger partial charge is 0.482 e. The quantitative estimate of drug-likeness (QED) is 0.619. The first-order chi connectivity index (χ1) is 11.7. The fraction of sp³-hybridized carbons (Fsp3) is 0.278. The van der Waals surface area contributed by atoms with Gasteiger partial charge in [-0.1, -0.05) is 30.3 Å². The lowest BCUT2D eigenvalue weighted by Gasteiger charge is -2.18. The number of rotatable bonds is 5. The third kappa shape index (κ3) is 2.82. The maximum atomic E-state index is 12.4. The van der Waals surface area contributed by atoms with Gasteiger partial charge in [0.05, 0.1) is 13.2 Å². The highest BCUT2D eigenvalue weighted by Crippen LogP contribution is 2.30. The van der Waals surface area contributed by atoms with Crippen LogP contribution in [-0.4, -0.2) is 23.9 Å². The molecule has 1 aromatic carbocycles. The summed E-state index contributed by atoms with van der Waals surface area (Å²) in [5, 5.41) is 0. The third-order valence-corrected chi connectivity index (χ3v) is 4.08. The van der Waals surface area contributed by atoms with Crippen LogP contribution in [0.2, 0.25) is 0 Å². The maximum absolute atomic E-state index is 12.4. The van der Waals surface area contributed by atoms with Crippen LogP contribution in [0.3, 0.4) is 0 Å². The number of esters is 1. The van der Waals surface area contributed by atoms with Crippen molar-refractivity contribution in [3.63, 3.8) is 0 Å². The van der Waals surface area contributed by atoms with Gasteiger partial charge in [0.1, 0.15) is 12.9 Å². The second kappa shape index (κ2) is 6.70. The molecule has 1 aliphatic heterocycles. The Balaban J connectivity index is 2.06. The molecule has 0 N–H and O–H groups in total. The van der Waals surface area contributed by atoms with E-state index in [0.717, 1.165) is 11.8 Å². The highest BCUT2D eigenvalue weighted by molar-refractivity contribution is 5.91. The van der Waals surface area contributed by atoms with Gasteiger partial charge in [-0.3, -0.25) is 4.79 Å². The van der Waals surface area contributed by atoms with Crippen LogP contribution in [0.5, 0.6) is 5.75 Å². The fourth-order valence-corrected chi connectivity index (χ4v) is 2.94. The number of methoxy groups -OCH3 is 1. The normalized spacial score (nSPS) is 15.6. The van der Waals surface area contributed by atoms with E-state index in [2.05, 4.69) is 0 Å². The Morgan fingerprint density at radius 1 is 1.33 bits per heavy atom. The predicted molar refractivity (Wildman–Crippen MR) is 86.2 cm³/mol. The van der Waals surface area contributed by atoms with E-state index in [-0.39, 0.29) is 23.5 Å². The molecule has 0 amide bonds. The average molecular weight is 327 g/mol. The van der Waals surface area contributed by atoms with Crippen molar-refractivity contribution in [2.24, 2.45) is 0 Å². The Kier molecular flexibility index (Phi) is 4.46. The molecule has 0 saturated heterocycles. The first kappa shape index (κ1) is 16.0. The minimum atomic E-state index is -0.689. The van der Waals surface area contributed by atoms with Crippen LogP contribution in [0, 0.1) is 0 Å². The molecule has 0 aliphatic carbocycles. The highest BCUT2D eigenvalue weighted by Gasteiger charge is 2.31. The van der Waals surface area contributed by atoms with Gasteiger partial charge >= 0.3 is 5.97 Å². The Labute approximate surface area is 138 Å². The molecule has 3 rings (SSSR count). The summed E-state index contributed by atoms with van der Waals surface area (Å²) in [5.74, 6) is -0.769. The monoisotopic (exact) mass is 327 g/mol. The van der Waals surface area contributed by atoms with Crippen molar-refractivity contribution < 1.29 is 19.1 Å². The van der Waals surface area contributed by atoms with E-state index in [1.807, 2.05) is 30.3 Å². The Morgan fingerprint density at radius 2 is 2.08 bits per heavy atom. The number of aryl methyl sites for hydroxylation is 1. The summed E-state index contributed by atoms with van der Waals surface area (Å²) in [6.07, 6.45) is 1.88. The smallest absolute Gasteiger partial charge is 0.358 e. The number of nitrogens with zero attached hydrogens (tertiary/aromatic N) is 1. The summed E-state index contributed by atoms with van der Waals surface area (Å²) < 4.78 is 12.0. The molecule has 24 heavy (non-hydrogen) atoms. The van der Waals surface area contributed by atoms with Crippen LogP contribution in [0.25, 0.3) is 0 Å². The number of benzene rings is 1. The molecule has 0 spiro atoms. The number of aldehydes is 1. The maximum Gasteiger partial charge on any atom is 0.358 e. The van der Waals surface area contributed by atoms with Gasteiger partial charge < -0.3 is 18.8 Å². The van der Waals surface area contributed by atoms with E-state index in [1.54, 1.807) is 4.57 Å². The van der Waals surface area contributed by atoms with Crippen molar-refractivity contribution >= 4 is 12.3 Å². The molecule has 6 nitrogen and oxygen atoms in total. The molecule has 0 radical (unpaired) electrons. The summed E-state index contributed by atoms with van der Waals surface area (Å²) >= 11 is 0. The topological polar surface area (TPSA) is 74.6 Å². The van der Waals surface area contributed by atoms with Crippen LogP contribution in [-0.2, 0) is 22.6 Å². The molecule has 1 aliphatic rings. The van der Waals surface area contributed by atoms with Crippen molar-refractivity contribution in [3.05, 3.63) is 63.6 Å². The number of carbonyl (C=O) groups is 2. The number of aromatic nitrogens is 1. The van der Waals surface area contributed by atoms with Gasteiger partial charge in [-0.2, -0.15) is 0 Å². The van der Waals surface area contributed by atoms with Crippen molar-refractivity contribution in [1.29, 1.82) is 0 Å². The predicted octanol–water partition coefficient (Wildman–Crippen LogP) is 1.90. The molecule has 0 saturated carbocycles. The summed E-state index contributed by atoms with van der Waals surface area (Å²) in [6.45, 7) is 0.144. The zero-order valence-electron chi connectivity index (χ0n) is 13.2. The summed E-state index contributed by atoms with van der Waals surface area (Å²) in [5.41, 5.74) is 1.13. The number of carbonyl (C=O) groups excluding carboxylic acids is 2. The van der Waals surface area contributed by atoms with Crippen LogP contribution in [0.4, 0.5) is 0 Å². The molecular formula is C18H17NO5. The van der Waals surface area contributed by atoms with Gasteiger partial charge in [0.25, 0.3) is 0 Å². The molecule has 1 atom stereocenters.